The molecule has 6 atom stereocenters. The first kappa shape index (κ1) is 34.2. The van der Waals surface area contributed by atoms with E-state index in [4.69, 9.17) is 34.3 Å². The predicted octanol–water partition coefficient (Wildman–Crippen LogP) is 4.58. The molecule has 0 amide bonds. The third-order valence-corrected chi connectivity index (χ3v) is 8.73. The Balaban J connectivity index is 0.000000580. The molecule has 0 radical (unpaired) electrons. The molecule has 3 aromatic rings. The van der Waals surface area contributed by atoms with Gasteiger partial charge in [-0.1, -0.05) is 50.0 Å². The molecule has 0 bridgehead atoms. The molecule has 2 saturated heterocycles. The van der Waals surface area contributed by atoms with Crippen molar-refractivity contribution in [2.75, 3.05) is 18.9 Å². The maximum absolute atomic E-state index is 12.6. The van der Waals surface area contributed by atoms with Crippen LogP contribution < -0.4 is 10.8 Å². The third kappa shape index (κ3) is 7.79. The second-order valence-corrected chi connectivity index (χ2v) is 12.4. The monoisotopic (exact) mass is 642 g/mol. The zero-order valence-corrected chi connectivity index (χ0v) is 27.0. The number of esters is 1. The number of phenolic OH excluding ortho intramolecular Hbond substituents is 1. The van der Waals surface area contributed by atoms with Crippen LogP contribution in [0.3, 0.4) is 0 Å². The molecule has 1 aromatic carbocycles. The molecule has 2 fully saturated rings. The standard InChI is InChI=1S/C25H35N5O7P.C6H6O/c1-6-16(7-2)12-33-23(31)15(3)29-38(32)34-13-19-21-22(37-24(4,5)36-21)25(14-26,35-19)20-9-8-18-17(27)10-11-28-30(18)20;7-6-4-2-1-3-5-6/h8-11,15-16,19,21-22H,6-7,12-13,27H2,1-5H3,(H,29,32);1-5,7H/q+1;/t15-,19+,21+,22+,25-;/m0./s1. The number of rotatable bonds is 11. The number of ether oxygens (including phenoxy) is 4. The normalized spacial score (nSPS) is 24.4. The number of benzene rings is 1. The van der Waals surface area contributed by atoms with Gasteiger partial charge in [-0.3, -0.25) is 4.79 Å². The number of carbonyl (C=O) groups excluding carboxylic acids is 1. The highest BCUT2D eigenvalue weighted by Crippen LogP contribution is 2.49. The van der Waals surface area contributed by atoms with Crippen molar-refractivity contribution in [1.82, 2.24) is 14.7 Å². The van der Waals surface area contributed by atoms with E-state index >= 15 is 0 Å². The van der Waals surface area contributed by atoms with Crippen LogP contribution in [-0.2, 0) is 38.4 Å². The first-order valence-electron chi connectivity index (χ1n) is 14.9. The Morgan fingerprint density at radius 1 is 1.18 bits per heavy atom. The summed E-state index contributed by atoms with van der Waals surface area (Å²) in [4.78, 5) is 12.3. The Kier molecular flexibility index (Phi) is 11.1. The van der Waals surface area contributed by atoms with Gasteiger partial charge < -0.3 is 29.8 Å². The number of nitriles is 1. The number of carbonyl (C=O) groups is 1. The lowest BCUT2D eigenvalue weighted by Gasteiger charge is -2.28. The Morgan fingerprint density at radius 3 is 2.51 bits per heavy atom. The lowest BCUT2D eigenvalue weighted by atomic mass is 9.92. The summed E-state index contributed by atoms with van der Waals surface area (Å²) in [5, 5.41) is 26.0. The number of nitrogens with two attached hydrogens (primary N) is 1. The van der Waals surface area contributed by atoms with E-state index in [9.17, 15) is 14.6 Å². The Bertz CT molecular complexity index is 1510. The summed E-state index contributed by atoms with van der Waals surface area (Å²) in [5.74, 6) is -0.897. The first-order chi connectivity index (χ1) is 21.4. The first-order valence-corrected chi connectivity index (χ1v) is 16.1. The number of para-hydroxylation sites is 1. The molecule has 14 heteroatoms. The van der Waals surface area contributed by atoms with Crippen LogP contribution in [0.4, 0.5) is 5.69 Å². The van der Waals surface area contributed by atoms with Crippen LogP contribution in [-0.4, -0.2) is 64.0 Å². The van der Waals surface area contributed by atoms with E-state index in [2.05, 4.69) is 16.3 Å². The zero-order chi connectivity index (χ0) is 32.8. The van der Waals surface area contributed by atoms with Crippen LogP contribution in [0, 0.1) is 17.2 Å². The third-order valence-electron chi connectivity index (χ3n) is 7.75. The minimum atomic E-state index is -2.45. The molecule has 2 aliphatic heterocycles. The number of anilines is 1. The van der Waals surface area contributed by atoms with E-state index in [-0.39, 0.29) is 12.5 Å². The number of aromatic hydroxyl groups is 1. The van der Waals surface area contributed by atoms with E-state index in [1.807, 2.05) is 19.9 Å². The van der Waals surface area contributed by atoms with Crippen molar-refractivity contribution < 1.29 is 37.9 Å². The summed E-state index contributed by atoms with van der Waals surface area (Å²) in [6.07, 6.45) is 1.03. The second kappa shape index (κ2) is 14.6. The summed E-state index contributed by atoms with van der Waals surface area (Å²) >= 11 is 0. The van der Waals surface area contributed by atoms with E-state index in [0.29, 0.717) is 29.3 Å². The number of hydrogen-bond donors (Lipinski definition) is 3. The predicted molar refractivity (Wildman–Crippen MR) is 165 cm³/mol. The minimum Gasteiger partial charge on any atom is -0.508 e. The largest absolute Gasteiger partial charge is 0.613 e. The summed E-state index contributed by atoms with van der Waals surface area (Å²) in [6, 6.07) is 15.3. The van der Waals surface area contributed by atoms with Crippen LogP contribution in [0.2, 0.25) is 0 Å². The number of nitrogens with zero attached hydrogens (tertiary/aromatic N) is 3. The van der Waals surface area contributed by atoms with Crippen molar-refractivity contribution in [2.45, 2.75) is 83.2 Å². The van der Waals surface area contributed by atoms with Crippen LogP contribution in [0.15, 0.2) is 54.7 Å². The van der Waals surface area contributed by atoms with Crippen LogP contribution in [0.1, 0.15) is 53.2 Å². The van der Waals surface area contributed by atoms with Gasteiger partial charge in [0.25, 0.3) is 0 Å². The van der Waals surface area contributed by atoms with Gasteiger partial charge in [-0.25, -0.2) is 4.52 Å². The smallest absolute Gasteiger partial charge is 0.508 e. The maximum Gasteiger partial charge on any atom is 0.613 e. The molecule has 2 aliphatic rings. The highest BCUT2D eigenvalue weighted by Gasteiger charge is 2.65. The molecule has 5 rings (SSSR count). The van der Waals surface area contributed by atoms with Gasteiger partial charge in [0.15, 0.2) is 5.79 Å². The number of nitrogen functional groups attached to an aromatic ring is 1. The lowest BCUT2D eigenvalue weighted by molar-refractivity contribution is -0.203. The molecule has 2 aromatic heterocycles. The summed E-state index contributed by atoms with van der Waals surface area (Å²) in [7, 11) is -2.45. The average molecular weight is 643 g/mol. The van der Waals surface area contributed by atoms with Gasteiger partial charge in [-0.2, -0.15) is 10.4 Å². The summed E-state index contributed by atoms with van der Waals surface area (Å²) in [5.41, 5.74) is 6.03. The van der Waals surface area contributed by atoms with E-state index in [1.54, 1.807) is 67.8 Å². The van der Waals surface area contributed by atoms with Crippen molar-refractivity contribution >= 4 is 25.4 Å². The number of phenols is 1. The Morgan fingerprint density at radius 2 is 1.89 bits per heavy atom. The van der Waals surface area contributed by atoms with Gasteiger partial charge in [0.05, 0.1) is 23.5 Å². The van der Waals surface area contributed by atoms with E-state index < -0.39 is 49.9 Å². The van der Waals surface area contributed by atoms with Gasteiger partial charge in [0.2, 0.25) is 5.60 Å². The second-order valence-electron chi connectivity index (χ2n) is 11.4. The quantitative estimate of drug-likeness (QED) is 0.196. The maximum atomic E-state index is 12.6. The van der Waals surface area contributed by atoms with E-state index in [0.717, 1.165) is 12.8 Å². The Hall–Kier alpha value is -3.63. The van der Waals surface area contributed by atoms with Gasteiger partial charge in [-0.05, 0) is 61.6 Å². The minimum absolute atomic E-state index is 0.180. The van der Waals surface area contributed by atoms with Gasteiger partial charge in [-0.15, -0.1) is 4.52 Å². The highest BCUT2D eigenvalue weighted by atomic mass is 31.1. The molecule has 0 saturated carbocycles. The number of aromatic nitrogens is 2. The number of nitrogens with one attached hydrogen (secondary N) is 1. The van der Waals surface area contributed by atoms with Crippen molar-refractivity contribution in [3.63, 3.8) is 0 Å². The molecule has 4 heterocycles. The van der Waals surface area contributed by atoms with Crippen molar-refractivity contribution in [3.8, 4) is 11.8 Å². The van der Waals surface area contributed by atoms with Gasteiger partial charge in [0, 0.05) is 6.20 Å². The molecular formula is C31H41N5O8P+. The topological polar surface area (TPSA) is 180 Å². The molecule has 13 nitrogen and oxygen atoms in total. The number of fused-ring (bicyclic) bond motifs is 2. The van der Waals surface area contributed by atoms with Crippen molar-refractivity contribution in [2.24, 2.45) is 5.92 Å². The molecule has 0 aliphatic carbocycles. The fraction of sp³-hybridized carbons (Fsp3) is 0.516. The van der Waals surface area contributed by atoms with E-state index in [1.165, 1.54) is 6.20 Å². The molecule has 4 N–H and O–H groups in total. The van der Waals surface area contributed by atoms with Crippen LogP contribution in [0.5, 0.6) is 5.75 Å². The summed E-state index contributed by atoms with van der Waals surface area (Å²) < 4.78 is 43.5. The molecule has 242 valence electrons. The fourth-order valence-electron chi connectivity index (χ4n) is 5.22. The van der Waals surface area contributed by atoms with Crippen molar-refractivity contribution in [1.29, 1.82) is 5.26 Å². The van der Waals surface area contributed by atoms with Crippen LogP contribution in [0.25, 0.3) is 5.52 Å². The van der Waals surface area contributed by atoms with Crippen LogP contribution >= 0.6 is 8.18 Å². The molecule has 45 heavy (non-hydrogen) atoms. The number of hydrogen-bond acceptors (Lipinski definition) is 11. The lowest BCUT2D eigenvalue weighted by Crippen LogP contribution is -2.40. The summed E-state index contributed by atoms with van der Waals surface area (Å²) in [6.45, 7) is 9.25. The Labute approximate surface area is 263 Å². The SMILES string of the molecule is CCC(CC)COC(=O)[C@H](C)N[P+](=O)OC[C@H]1O[C@@](C#N)(c2ccc3c(N)ccnn23)[C@@H]2OC(C)(C)O[C@@H]21.Oc1ccccc1. The molecular weight excluding hydrogens is 601 g/mol. The fourth-order valence-corrected chi connectivity index (χ4v) is 5.99. The zero-order valence-electron chi connectivity index (χ0n) is 26.1. The average Bonchev–Trinajstić information content (AvgIpc) is 3.68. The molecule has 0 spiro atoms. The highest BCUT2D eigenvalue weighted by molar-refractivity contribution is 7.36. The van der Waals surface area contributed by atoms with Gasteiger partial charge in [0.1, 0.15) is 42.8 Å². The van der Waals surface area contributed by atoms with Gasteiger partial charge >= 0.3 is 14.1 Å². The molecule has 1 unspecified atom stereocenters. The van der Waals surface area contributed by atoms with Crippen molar-refractivity contribution in [3.05, 3.63) is 60.4 Å².